The van der Waals surface area contributed by atoms with Crippen molar-refractivity contribution in [2.45, 2.75) is 46.6 Å². The quantitative estimate of drug-likeness (QED) is 0.785. The molecule has 1 heterocycles. The second-order valence-corrected chi connectivity index (χ2v) is 5.08. The average Bonchev–Trinajstić information content (AvgIpc) is 2.49. The molecule has 0 unspecified atom stereocenters. The Bertz CT molecular complexity index is 309. The van der Waals surface area contributed by atoms with E-state index in [1.165, 1.54) is 0 Å². The van der Waals surface area contributed by atoms with Gasteiger partial charge < -0.3 is 10.2 Å². The van der Waals surface area contributed by atoms with Crippen LogP contribution in [0.5, 0.6) is 0 Å². The molecule has 80 valence electrons. The highest BCUT2D eigenvalue weighted by Crippen LogP contribution is 2.39. The minimum Gasteiger partial charge on any atom is -0.423 e. The maximum absolute atomic E-state index is 5.48. The molecule has 2 N–H and O–H groups in total. The van der Waals surface area contributed by atoms with Crippen LogP contribution in [-0.4, -0.2) is 10.2 Å². The number of rotatable bonds is 2. The number of nitrogens with two attached hydrogens (primary N) is 1. The van der Waals surface area contributed by atoms with Crippen molar-refractivity contribution in [2.24, 2.45) is 11.1 Å². The predicted molar refractivity (Wildman–Crippen MR) is 54.7 cm³/mol. The third kappa shape index (κ3) is 1.80. The Kier molecular flexibility index (Phi) is 2.67. The van der Waals surface area contributed by atoms with E-state index in [1.807, 2.05) is 0 Å². The summed E-state index contributed by atoms with van der Waals surface area (Å²) in [4.78, 5) is 0. The topological polar surface area (TPSA) is 64.9 Å². The summed E-state index contributed by atoms with van der Waals surface area (Å²) in [6, 6.07) is 0. The third-order valence-corrected chi connectivity index (χ3v) is 3.05. The standard InChI is InChI=1S/C10H19N3O/c1-9(2,3)10(4,5)8-13-12-7(6-11)14-8/h6,11H2,1-5H3. The molecular weight excluding hydrogens is 178 g/mol. The Hall–Kier alpha value is -0.900. The lowest BCUT2D eigenvalue weighted by Crippen LogP contribution is -2.34. The zero-order chi connectivity index (χ0) is 11.0. The summed E-state index contributed by atoms with van der Waals surface area (Å²) in [6.45, 7) is 11.0. The first-order chi connectivity index (χ1) is 6.29. The minimum atomic E-state index is -0.145. The van der Waals surface area contributed by atoms with E-state index in [0.717, 1.165) is 0 Å². The lowest BCUT2D eigenvalue weighted by atomic mass is 9.69. The van der Waals surface area contributed by atoms with Crippen LogP contribution < -0.4 is 5.73 Å². The van der Waals surface area contributed by atoms with E-state index in [2.05, 4.69) is 44.8 Å². The summed E-state index contributed by atoms with van der Waals surface area (Å²) in [7, 11) is 0. The molecular formula is C10H19N3O. The van der Waals surface area contributed by atoms with E-state index in [1.54, 1.807) is 0 Å². The molecule has 0 aromatic carbocycles. The molecule has 0 atom stereocenters. The van der Waals surface area contributed by atoms with Crippen LogP contribution in [0.25, 0.3) is 0 Å². The van der Waals surface area contributed by atoms with Crippen molar-refractivity contribution in [3.05, 3.63) is 11.8 Å². The molecule has 0 aliphatic carbocycles. The highest BCUT2D eigenvalue weighted by Gasteiger charge is 2.39. The Morgan fingerprint density at radius 1 is 1.14 bits per heavy atom. The van der Waals surface area contributed by atoms with E-state index in [4.69, 9.17) is 10.2 Å². The lowest BCUT2D eigenvalue weighted by molar-refractivity contribution is 0.179. The van der Waals surface area contributed by atoms with Gasteiger partial charge in [-0.05, 0) is 5.41 Å². The first-order valence-electron chi connectivity index (χ1n) is 4.82. The smallest absolute Gasteiger partial charge is 0.230 e. The van der Waals surface area contributed by atoms with Crippen LogP contribution in [-0.2, 0) is 12.0 Å². The second kappa shape index (κ2) is 3.35. The van der Waals surface area contributed by atoms with Crippen LogP contribution >= 0.6 is 0 Å². The Morgan fingerprint density at radius 3 is 2.07 bits per heavy atom. The fourth-order valence-corrected chi connectivity index (χ4v) is 0.909. The van der Waals surface area contributed by atoms with Crippen LogP contribution in [0.15, 0.2) is 4.42 Å². The van der Waals surface area contributed by atoms with E-state index in [9.17, 15) is 0 Å². The van der Waals surface area contributed by atoms with Gasteiger partial charge in [-0.1, -0.05) is 34.6 Å². The Labute approximate surface area is 84.9 Å². The van der Waals surface area contributed by atoms with Gasteiger partial charge in [-0.3, -0.25) is 0 Å². The van der Waals surface area contributed by atoms with Gasteiger partial charge in [0.25, 0.3) is 0 Å². The molecule has 0 aliphatic heterocycles. The van der Waals surface area contributed by atoms with E-state index in [-0.39, 0.29) is 10.8 Å². The van der Waals surface area contributed by atoms with E-state index in [0.29, 0.717) is 18.3 Å². The Morgan fingerprint density at radius 2 is 1.71 bits per heavy atom. The molecule has 4 nitrogen and oxygen atoms in total. The minimum absolute atomic E-state index is 0.0748. The molecule has 1 aromatic heterocycles. The molecule has 4 heteroatoms. The van der Waals surface area contributed by atoms with Gasteiger partial charge in [0.05, 0.1) is 6.54 Å². The largest absolute Gasteiger partial charge is 0.423 e. The van der Waals surface area contributed by atoms with Crippen molar-refractivity contribution in [2.75, 3.05) is 0 Å². The number of aromatic nitrogens is 2. The van der Waals surface area contributed by atoms with Crippen molar-refractivity contribution in [3.63, 3.8) is 0 Å². The summed E-state index contributed by atoms with van der Waals surface area (Å²) in [5.74, 6) is 1.16. The van der Waals surface area contributed by atoms with Crippen LogP contribution in [0.1, 0.15) is 46.4 Å². The highest BCUT2D eigenvalue weighted by atomic mass is 16.4. The summed E-state index contributed by atoms with van der Waals surface area (Å²) in [6.07, 6.45) is 0. The molecule has 0 radical (unpaired) electrons. The number of hydrogen-bond acceptors (Lipinski definition) is 4. The van der Waals surface area contributed by atoms with Crippen LogP contribution in [0.2, 0.25) is 0 Å². The van der Waals surface area contributed by atoms with Gasteiger partial charge in [0.1, 0.15) is 0 Å². The van der Waals surface area contributed by atoms with Crippen molar-refractivity contribution >= 4 is 0 Å². The van der Waals surface area contributed by atoms with Gasteiger partial charge >= 0.3 is 0 Å². The molecule has 0 fully saturated rings. The molecule has 1 aromatic rings. The van der Waals surface area contributed by atoms with Crippen molar-refractivity contribution in [3.8, 4) is 0 Å². The molecule has 0 saturated carbocycles. The molecule has 14 heavy (non-hydrogen) atoms. The SMILES string of the molecule is CC(C)(C)C(C)(C)c1nnc(CN)o1. The van der Waals surface area contributed by atoms with Gasteiger partial charge in [-0.2, -0.15) is 0 Å². The van der Waals surface area contributed by atoms with Crippen molar-refractivity contribution < 1.29 is 4.42 Å². The average molecular weight is 197 g/mol. The first-order valence-corrected chi connectivity index (χ1v) is 4.82. The summed E-state index contributed by atoms with van der Waals surface area (Å²) in [5.41, 5.74) is 5.35. The molecule has 0 amide bonds. The molecule has 0 saturated heterocycles. The normalized spacial score (nSPS) is 13.3. The van der Waals surface area contributed by atoms with Crippen molar-refractivity contribution in [1.29, 1.82) is 0 Å². The molecule has 0 aliphatic rings. The number of nitrogens with zero attached hydrogens (tertiary/aromatic N) is 2. The van der Waals surface area contributed by atoms with Crippen LogP contribution in [0, 0.1) is 5.41 Å². The third-order valence-electron chi connectivity index (χ3n) is 3.05. The van der Waals surface area contributed by atoms with Gasteiger partial charge in [0.15, 0.2) is 0 Å². The highest BCUT2D eigenvalue weighted by molar-refractivity contribution is 5.05. The van der Waals surface area contributed by atoms with Gasteiger partial charge in [-0.15, -0.1) is 10.2 Å². The van der Waals surface area contributed by atoms with Gasteiger partial charge in [0.2, 0.25) is 11.8 Å². The zero-order valence-electron chi connectivity index (χ0n) is 9.59. The summed E-state index contributed by atoms with van der Waals surface area (Å²) in [5, 5.41) is 7.90. The predicted octanol–water partition coefficient (Wildman–Crippen LogP) is 1.85. The maximum atomic E-state index is 5.48. The van der Waals surface area contributed by atoms with Crippen LogP contribution in [0.4, 0.5) is 0 Å². The summed E-state index contributed by atoms with van der Waals surface area (Å²) < 4.78 is 5.48. The van der Waals surface area contributed by atoms with Crippen molar-refractivity contribution in [1.82, 2.24) is 10.2 Å². The zero-order valence-corrected chi connectivity index (χ0v) is 9.59. The number of hydrogen-bond donors (Lipinski definition) is 1. The van der Waals surface area contributed by atoms with E-state index < -0.39 is 0 Å². The molecule has 0 bridgehead atoms. The first kappa shape index (κ1) is 11.2. The second-order valence-electron chi connectivity index (χ2n) is 5.08. The van der Waals surface area contributed by atoms with E-state index >= 15 is 0 Å². The van der Waals surface area contributed by atoms with Gasteiger partial charge in [-0.25, -0.2) is 0 Å². The molecule has 0 spiro atoms. The molecule has 1 rings (SSSR count). The fraction of sp³-hybridized carbons (Fsp3) is 0.800. The summed E-state index contributed by atoms with van der Waals surface area (Å²) >= 11 is 0. The maximum Gasteiger partial charge on any atom is 0.230 e. The Balaban J connectivity index is 3.04. The lowest BCUT2D eigenvalue weighted by Gasteiger charge is -2.35. The van der Waals surface area contributed by atoms with Crippen LogP contribution in [0.3, 0.4) is 0 Å². The monoisotopic (exact) mass is 197 g/mol. The fourth-order valence-electron chi connectivity index (χ4n) is 0.909. The van der Waals surface area contributed by atoms with Gasteiger partial charge in [0, 0.05) is 5.41 Å².